The summed E-state index contributed by atoms with van der Waals surface area (Å²) in [5.41, 5.74) is 5.62. The maximum atomic E-state index is 14.0. The molecule has 2 aromatic carbocycles. The molecule has 0 amide bonds. The fraction of sp³-hybridized carbons (Fsp3) is 0. The number of rotatable bonds is 2. The van der Waals surface area contributed by atoms with E-state index >= 15 is 0 Å². The van der Waals surface area contributed by atoms with Crippen LogP contribution in [0.5, 0.6) is 0 Å². The van der Waals surface area contributed by atoms with Crippen molar-refractivity contribution in [1.29, 1.82) is 0 Å². The Morgan fingerprint density at radius 3 is 2.48 bits per heavy atom. The zero-order chi connectivity index (χ0) is 15.8. The van der Waals surface area contributed by atoms with Gasteiger partial charge in [-0.15, -0.1) is 0 Å². The van der Waals surface area contributed by atoms with Crippen LogP contribution in [0.25, 0.3) is 33.5 Å². The second-order valence-corrected chi connectivity index (χ2v) is 5.51. The molecule has 2 aromatic heterocycles. The first kappa shape index (κ1) is 13.7. The Hall–Kier alpha value is -2.95. The van der Waals surface area contributed by atoms with Crippen LogP contribution in [0.15, 0.2) is 60.7 Å². The van der Waals surface area contributed by atoms with E-state index in [2.05, 4.69) is 15.2 Å². The minimum Gasteiger partial charge on any atom is -0.276 e. The number of hydrogen-bond donors (Lipinski definition) is 1. The first-order valence-corrected chi connectivity index (χ1v) is 7.39. The molecule has 4 rings (SSSR count). The molecule has 0 saturated carbocycles. The number of nitrogens with one attached hydrogen (secondary N) is 1. The van der Waals surface area contributed by atoms with Gasteiger partial charge in [-0.2, -0.15) is 5.10 Å². The van der Waals surface area contributed by atoms with Gasteiger partial charge in [-0.25, -0.2) is 9.37 Å². The molecule has 3 nitrogen and oxygen atoms in total. The number of aromatic amines is 1. The van der Waals surface area contributed by atoms with E-state index in [9.17, 15) is 4.39 Å². The maximum absolute atomic E-state index is 14.0. The van der Waals surface area contributed by atoms with Gasteiger partial charge in [0.1, 0.15) is 24.9 Å². The minimum absolute atomic E-state index is 0.278. The van der Waals surface area contributed by atoms with Gasteiger partial charge < -0.3 is 0 Å². The van der Waals surface area contributed by atoms with Gasteiger partial charge in [-0.3, -0.25) is 5.10 Å². The van der Waals surface area contributed by atoms with E-state index in [1.54, 1.807) is 24.3 Å². The summed E-state index contributed by atoms with van der Waals surface area (Å²) in [7, 11) is 2.04. The lowest BCUT2D eigenvalue weighted by Gasteiger charge is -2.03. The Bertz CT molecular complexity index is 993. The number of hydrogen-bond acceptors (Lipinski definition) is 2. The smallest absolute Gasteiger partial charge is 0.139 e. The molecule has 110 valence electrons. The van der Waals surface area contributed by atoms with Crippen molar-refractivity contribution in [2.45, 2.75) is 0 Å². The molecular formula is C18H13BFN3. The Balaban J connectivity index is 1.90. The summed E-state index contributed by atoms with van der Waals surface area (Å²) >= 11 is 0. The summed E-state index contributed by atoms with van der Waals surface area (Å²) < 4.78 is 14.0. The van der Waals surface area contributed by atoms with Crippen molar-refractivity contribution in [2.24, 2.45) is 0 Å². The van der Waals surface area contributed by atoms with E-state index in [1.165, 1.54) is 11.5 Å². The third-order valence-corrected chi connectivity index (χ3v) is 3.88. The maximum Gasteiger partial charge on any atom is 0.139 e. The quantitative estimate of drug-likeness (QED) is 0.578. The Labute approximate surface area is 133 Å². The molecular weight excluding hydrogens is 288 g/mol. The predicted octanol–water partition coefficient (Wildman–Crippen LogP) is 2.69. The molecule has 0 aliphatic carbocycles. The molecule has 2 heterocycles. The number of aromatic nitrogens is 3. The lowest BCUT2D eigenvalue weighted by molar-refractivity contribution is 0.631. The molecule has 1 N–H and O–H groups in total. The van der Waals surface area contributed by atoms with Crippen molar-refractivity contribution < 1.29 is 4.39 Å². The van der Waals surface area contributed by atoms with Gasteiger partial charge in [0.25, 0.3) is 0 Å². The van der Waals surface area contributed by atoms with Gasteiger partial charge in [0.15, 0.2) is 0 Å². The molecule has 0 aliphatic rings. The SMILES string of the molecule is Bc1ccc(-c2n[nH]c3ccc(-c4ccccc4F)nc23)cc1. The van der Waals surface area contributed by atoms with Crippen LogP contribution in [0.1, 0.15) is 0 Å². The van der Waals surface area contributed by atoms with Crippen molar-refractivity contribution in [1.82, 2.24) is 15.2 Å². The fourth-order valence-electron chi connectivity index (χ4n) is 2.63. The van der Waals surface area contributed by atoms with Gasteiger partial charge in [-0.05, 0) is 24.3 Å². The van der Waals surface area contributed by atoms with Gasteiger partial charge in [0.05, 0.1) is 11.2 Å². The van der Waals surface area contributed by atoms with Crippen LogP contribution in [0, 0.1) is 5.82 Å². The zero-order valence-corrected chi connectivity index (χ0v) is 12.5. The number of H-pyrrole nitrogens is 1. The molecule has 0 radical (unpaired) electrons. The van der Waals surface area contributed by atoms with Crippen LogP contribution in [-0.2, 0) is 0 Å². The van der Waals surface area contributed by atoms with Gasteiger partial charge in [0.2, 0.25) is 0 Å². The molecule has 0 atom stereocenters. The Kier molecular flexibility index (Phi) is 3.19. The van der Waals surface area contributed by atoms with Gasteiger partial charge in [0, 0.05) is 11.1 Å². The van der Waals surface area contributed by atoms with Crippen LogP contribution in [0.4, 0.5) is 4.39 Å². The molecule has 0 saturated heterocycles. The third kappa shape index (κ3) is 2.40. The van der Waals surface area contributed by atoms with E-state index in [1.807, 2.05) is 38.2 Å². The van der Waals surface area contributed by atoms with Gasteiger partial charge in [-0.1, -0.05) is 41.9 Å². The first-order chi connectivity index (χ1) is 11.2. The highest BCUT2D eigenvalue weighted by Gasteiger charge is 2.12. The van der Waals surface area contributed by atoms with Crippen molar-refractivity contribution in [2.75, 3.05) is 0 Å². The highest BCUT2D eigenvalue weighted by atomic mass is 19.1. The minimum atomic E-state index is -0.278. The summed E-state index contributed by atoms with van der Waals surface area (Å²) in [6.45, 7) is 0. The summed E-state index contributed by atoms with van der Waals surface area (Å²) in [6, 6.07) is 18.4. The predicted molar refractivity (Wildman–Crippen MR) is 92.9 cm³/mol. The molecule has 0 unspecified atom stereocenters. The van der Waals surface area contributed by atoms with E-state index in [0.717, 1.165) is 22.3 Å². The summed E-state index contributed by atoms with van der Waals surface area (Å²) in [5, 5.41) is 7.36. The summed E-state index contributed by atoms with van der Waals surface area (Å²) in [6.07, 6.45) is 0. The zero-order valence-electron chi connectivity index (χ0n) is 12.5. The highest BCUT2D eigenvalue weighted by molar-refractivity contribution is 6.32. The van der Waals surface area contributed by atoms with Crippen LogP contribution in [-0.4, -0.2) is 23.0 Å². The summed E-state index contributed by atoms with van der Waals surface area (Å²) in [4.78, 5) is 4.63. The Morgan fingerprint density at radius 2 is 1.70 bits per heavy atom. The van der Waals surface area contributed by atoms with Crippen LogP contribution < -0.4 is 5.46 Å². The second kappa shape index (κ2) is 5.36. The molecule has 0 spiro atoms. The standard InChI is InChI=1S/C18H13BFN3/c19-12-7-5-11(6-8-12)17-18-16(22-23-17)10-9-15(21-18)13-3-1-2-4-14(13)20/h1-10H,19H2,(H,22,23). The third-order valence-electron chi connectivity index (χ3n) is 3.88. The highest BCUT2D eigenvalue weighted by Crippen LogP contribution is 2.28. The molecule has 0 aliphatic heterocycles. The van der Waals surface area contributed by atoms with Crippen molar-refractivity contribution in [3.8, 4) is 22.5 Å². The lowest BCUT2D eigenvalue weighted by atomic mass is 9.94. The number of fused-ring (bicyclic) bond motifs is 1. The van der Waals surface area contributed by atoms with E-state index in [-0.39, 0.29) is 5.82 Å². The van der Waals surface area contributed by atoms with Crippen molar-refractivity contribution in [3.63, 3.8) is 0 Å². The van der Waals surface area contributed by atoms with E-state index < -0.39 is 0 Å². The average Bonchev–Trinajstić information content (AvgIpc) is 2.99. The van der Waals surface area contributed by atoms with E-state index in [0.29, 0.717) is 11.3 Å². The second-order valence-electron chi connectivity index (χ2n) is 5.51. The number of pyridine rings is 1. The van der Waals surface area contributed by atoms with E-state index in [4.69, 9.17) is 0 Å². The largest absolute Gasteiger partial charge is 0.276 e. The normalized spacial score (nSPS) is 11.0. The average molecular weight is 301 g/mol. The monoisotopic (exact) mass is 301 g/mol. The number of benzene rings is 2. The lowest BCUT2D eigenvalue weighted by Crippen LogP contribution is -1.99. The molecule has 23 heavy (non-hydrogen) atoms. The number of halogens is 1. The topological polar surface area (TPSA) is 41.6 Å². The fourth-order valence-corrected chi connectivity index (χ4v) is 2.63. The van der Waals surface area contributed by atoms with Crippen molar-refractivity contribution in [3.05, 3.63) is 66.5 Å². The number of nitrogens with zero attached hydrogens (tertiary/aromatic N) is 2. The van der Waals surface area contributed by atoms with Gasteiger partial charge >= 0.3 is 0 Å². The van der Waals surface area contributed by atoms with Crippen LogP contribution in [0.3, 0.4) is 0 Å². The first-order valence-electron chi connectivity index (χ1n) is 7.39. The molecule has 4 aromatic rings. The van der Waals surface area contributed by atoms with Crippen molar-refractivity contribution >= 4 is 24.3 Å². The van der Waals surface area contributed by atoms with Crippen LogP contribution >= 0.6 is 0 Å². The molecule has 5 heteroatoms. The van der Waals surface area contributed by atoms with Crippen LogP contribution in [0.2, 0.25) is 0 Å². The Morgan fingerprint density at radius 1 is 0.913 bits per heavy atom. The molecule has 0 bridgehead atoms. The molecule has 0 fully saturated rings. The summed E-state index contributed by atoms with van der Waals surface area (Å²) in [5.74, 6) is -0.278.